The van der Waals surface area contributed by atoms with Crippen LogP contribution in [0.15, 0.2) is 6.20 Å². The molecule has 0 spiro atoms. The van der Waals surface area contributed by atoms with Gasteiger partial charge in [0.15, 0.2) is 0 Å². The Kier molecular flexibility index (Phi) is 5.36. The van der Waals surface area contributed by atoms with Gasteiger partial charge in [-0.25, -0.2) is 4.79 Å². The van der Waals surface area contributed by atoms with Gasteiger partial charge in [-0.3, -0.25) is 9.58 Å². The van der Waals surface area contributed by atoms with Crippen molar-refractivity contribution in [3.8, 4) is 0 Å². The molecule has 1 aliphatic heterocycles. The molecule has 124 valence electrons. The van der Waals surface area contributed by atoms with Crippen LogP contribution in [0.1, 0.15) is 26.5 Å². The van der Waals surface area contributed by atoms with Gasteiger partial charge in [-0.05, 0) is 20.8 Å². The molecule has 1 aromatic rings. The molecule has 1 N–H and O–H groups in total. The van der Waals surface area contributed by atoms with E-state index in [4.69, 9.17) is 9.47 Å². The molecule has 1 aromatic heterocycles. The maximum absolute atomic E-state index is 12.3. The summed E-state index contributed by atoms with van der Waals surface area (Å²) in [4.78, 5) is 14.0. The first-order valence-corrected chi connectivity index (χ1v) is 7.48. The summed E-state index contributed by atoms with van der Waals surface area (Å²) >= 11 is 0. The van der Waals surface area contributed by atoms with Crippen LogP contribution in [0, 0.1) is 0 Å². The van der Waals surface area contributed by atoms with E-state index in [9.17, 15) is 4.79 Å². The van der Waals surface area contributed by atoms with Gasteiger partial charge in [0, 0.05) is 26.7 Å². The number of aryl methyl sites for hydroxylation is 1. The van der Waals surface area contributed by atoms with Crippen LogP contribution in [-0.4, -0.2) is 63.9 Å². The first kappa shape index (κ1) is 16.7. The topological polar surface area (TPSA) is 81.5 Å². The van der Waals surface area contributed by atoms with Gasteiger partial charge in [-0.2, -0.15) is 0 Å². The standard InChI is InChI=1S/C14H25N5O3/c1-14(2,3)22-13(20)19-5-6-21-10-12(19)8-15-7-11-9-16-17-18(11)4/h9,12,15H,5-8,10H2,1-4H3. The number of amides is 1. The highest BCUT2D eigenvalue weighted by Crippen LogP contribution is 2.14. The average molecular weight is 311 g/mol. The largest absolute Gasteiger partial charge is 0.444 e. The van der Waals surface area contributed by atoms with Crippen molar-refractivity contribution in [3.63, 3.8) is 0 Å². The minimum absolute atomic E-state index is 0.0372. The Labute approximate surface area is 130 Å². The van der Waals surface area contributed by atoms with Crippen LogP contribution in [0.2, 0.25) is 0 Å². The summed E-state index contributed by atoms with van der Waals surface area (Å²) < 4.78 is 12.7. The lowest BCUT2D eigenvalue weighted by molar-refractivity contribution is -0.0317. The van der Waals surface area contributed by atoms with Crippen LogP contribution in [-0.2, 0) is 23.1 Å². The molecule has 1 amide bonds. The second-order valence-corrected chi connectivity index (χ2v) is 6.38. The SMILES string of the molecule is Cn1nncc1CNCC1COCCN1C(=O)OC(C)(C)C. The van der Waals surface area contributed by atoms with Gasteiger partial charge in [0.05, 0.1) is 31.1 Å². The minimum Gasteiger partial charge on any atom is -0.444 e. The van der Waals surface area contributed by atoms with Crippen LogP contribution in [0.4, 0.5) is 4.79 Å². The smallest absolute Gasteiger partial charge is 0.410 e. The fourth-order valence-corrected chi connectivity index (χ4v) is 2.22. The Morgan fingerprint density at radius 3 is 2.95 bits per heavy atom. The Hall–Kier alpha value is -1.67. The molecule has 0 aliphatic carbocycles. The van der Waals surface area contributed by atoms with Gasteiger partial charge in [0.25, 0.3) is 0 Å². The summed E-state index contributed by atoms with van der Waals surface area (Å²) in [6.45, 7) is 8.48. The molecule has 1 saturated heterocycles. The maximum Gasteiger partial charge on any atom is 0.410 e. The number of nitrogens with zero attached hydrogens (tertiary/aromatic N) is 4. The molecule has 8 nitrogen and oxygen atoms in total. The molecule has 0 saturated carbocycles. The lowest BCUT2D eigenvalue weighted by Crippen LogP contribution is -2.54. The zero-order valence-electron chi connectivity index (χ0n) is 13.7. The summed E-state index contributed by atoms with van der Waals surface area (Å²) in [5, 5.41) is 11.0. The Bertz CT molecular complexity index is 497. The highest BCUT2D eigenvalue weighted by molar-refractivity contribution is 5.68. The van der Waals surface area contributed by atoms with Gasteiger partial charge >= 0.3 is 6.09 Å². The molecule has 1 fully saturated rings. The van der Waals surface area contributed by atoms with Crippen molar-refractivity contribution in [1.82, 2.24) is 25.2 Å². The van der Waals surface area contributed by atoms with Crippen molar-refractivity contribution in [2.75, 3.05) is 26.3 Å². The predicted molar refractivity (Wildman–Crippen MR) is 80.3 cm³/mol. The van der Waals surface area contributed by atoms with Crippen molar-refractivity contribution in [2.45, 2.75) is 39.0 Å². The number of ether oxygens (including phenoxy) is 2. The van der Waals surface area contributed by atoms with Crippen LogP contribution in [0.5, 0.6) is 0 Å². The second-order valence-electron chi connectivity index (χ2n) is 6.38. The number of carbonyl (C=O) groups is 1. The Balaban J connectivity index is 1.87. The van der Waals surface area contributed by atoms with Gasteiger partial charge in [0.2, 0.25) is 0 Å². The van der Waals surface area contributed by atoms with E-state index in [1.807, 2.05) is 27.8 Å². The lowest BCUT2D eigenvalue weighted by atomic mass is 10.2. The molecule has 0 aromatic carbocycles. The number of hydrogen-bond donors (Lipinski definition) is 1. The summed E-state index contributed by atoms with van der Waals surface area (Å²) in [5.74, 6) is 0. The van der Waals surface area contributed by atoms with E-state index in [-0.39, 0.29) is 12.1 Å². The first-order valence-electron chi connectivity index (χ1n) is 7.48. The zero-order valence-corrected chi connectivity index (χ0v) is 13.7. The lowest BCUT2D eigenvalue weighted by Gasteiger charge is -2.36. The molecule has 0 bridgehead atoms. The summed E-state index contributed by atoms with van der Waals surface area (Å²) in [6, 6.07) is -0.0372. The maximum atomic E-state index is 12.3. The highest BCUT2D eigenvalue weighted by Gasteiger charge is 2.30. The van der Waals surface area contributed by atoms with Gasteiger partial charge < -0.3 is 14.8 Å². The van der Waals surface area contributed by atoms with E-state index in [1.165, 1.54) is 0 Å². The van der Waals surface area contributed by atoms with E-state index in [1.54, 1.807) is 15.8 Å². The van der Waals surface area contributed by atoms with E-state index < -0.39 is 5.60 Å². The molecule has 2 rings (SSSR count). The van der Waals surface area contributed by atoms with E-state index in [0.717, 1.165) is 5.69 Å². The van der Waals surface area contributed by atoms with Crippen LogP contribution >= 0.6 is 0 Å². The van der Waals surface area contributed by atoms with Crippen molar-refractivity contribution in [2.24, 2.45) is 7.05 Å². The average Bonchev–Trinajstić information content (AvgIpc) is 2.83. The molecule has 2 heterocycles. The number of rotatable bonds is 4. The minimum atomic E-state index is -0.492. The highest BCUT2D eigenvalue weighted by atomic mass is 16.6. The predicted octanol–water partition coefficient (Wildman–Crippen LogP) is 0.541. The molecule has 1 aliphatic rings. The Morgan fingerprint density at radius 1 is 1.55 bits per heavy atom. The van der Waals surface area contributed by atoms with Crippen molar-refractivity contribution in [1.29, 1.82) is 0 Å². The number of carbonyl (C=O) groups excluding carboxylic acids is 1. The van der Waals surface area contributed by atoms with Crippen LogP contribution in [0.3, 0.4) is 0 Å². The monoisotopic (exact) mass is 311 g/mol. The van der Waals surface area contributed by atoms with Crippen molar-refractivity contribution in [3.05, 3.63) is 11.9 Å². The first-order chi connectivity index (χ1) is 10.4. The van der Waals surface area contributed by atoms with Crippen molar-refractivity contribution < 1.29 is 14.3 Å². The molecule has 8 heteroatoms. The molecule has 0 radical (unpaired) electrons. The van der Waals surface area contributed by atoms with E-state index >= 15 is 0 Å². The molecular formula is C14H25N5O3. The number of morpholine rings is 1. The molecular weight excluding hydrogens is 286 g/mol. The normalized spacial score (nSPS) is 19.3. The Morgan fingerprint density at radius 2 is 2.32 bits per heavy atom. The third-order valence-electron chi connectivity index (χ3n) is 3.35. The number of hydrogen-bond acceptors (Lipinski definition) is 6. The number of nitrogens with one attached hydrogen (secondary N) is 1. The zero-order chi connectivity index (χ0) is 16.2. The van der Waals surface area contributed by atoms with Gasteiger partial charge in [-0.1, -0.05) is 5.21 Å². The fourth-order valence-electron chi connectivity index (χ4n) is 2.22. The van der Waals surface area contributed by atoms with Gasteiger partial charge in [0.1, 0.15) is 5.60 Å². The second kappa shape index (κ2) is 7.06. The molecule has 1 unspecified atom stereocenters. The number of aromatic nitrogens is 3. The van der Waals surface area contributed by atoms with Crippen molar-refractivity contribution >= 4 is 6.09 Å². The summed E-state index contributed by atoms with van der Waals surface area (Å²) in [7, 11) is 1.85. The van der Waals surface area contributed by atoms with Crippen LogP contribution in [0.25, 0.3) is 0 Å². The van der Waals surface area contributed by atoms with E-state index in [0.29, 0.717) is 32.8 Å². The van der Waals surface area contributed by atoms with E-state index in [2.05, 4.69) is 15.6 Å². The van der Waals surface area contributed by atoms with Gasteiger partial charge in [-0.15, -0.1) is 5.10 Å². The summed E-state index contributed by atoms with van der Waals surface area (Å²) in [5.41, 5.74) is 0.494. The molecule has 22 heavy (non-hydrogen) atoms. The quantitative estimate of drug-likeness (QED) is 0.874. The summed E-state index contributed by atoms with van der Waals surface area (Å²) in [6.07, 6.45) is 1.43. The third kappa shape index (κ3) is 4.67. The third-order valence-corrected chi connectivity index (χ3v) is 3.35. The van der Waals surface area contributed by atoms with Crippen LogP contribution < -0.4 is 5.32 Å². The molecule has 1 atom stereocenters. The fraction of sp³-hybridized carbons (Fsp3) is 0.786.